The molecule has 183 valence electrons. The fraction of sp³-hybridized carbons (Fsp3) is 0.500. The van der Waals surface area contributed by atoms with Gasteiger partial charge in [-0.3, -0.25) is 0 Å². The van der Waals surface area contributed by atoms with Gasteiger partial charge in [0.05, 0.1) is 0 Å². The third-order valence-electron chi connectivity index (χ3n) is 5.59. The molecule has 1 aromatic heterocycles. The predicted molar refractivity (Wildman–Crippen MR) is 133 cm³/mol. The van der Waals surface area contributed by atoms with E-state index in [2.05, 4.69) is 16.8 Å². The van der Waals surface area contributed by atoms with Gasteiger partial charge in [0, 0.05) is 75.5 Å². The number of aromatic nitrogens is 1. The second kappa shape index (κ2) is 17.1. The standard InChI is InChI=1S/C18H24N4O.C5H10O.CH4N.H2O.Y/c1-12(11-22-7-4-8-22)15-10-21-18(20)14(15)9-16(19)13-5-2-3-6-17(13)23;1-2-4-6-5-3-1;1-2;;/h2-3,5-6,9-10,12,21,23H,4,7-8,11,19-20H2,1H3;1-5H2;2H,1H3;1H2;/q;;-1;;/b16-9-;;;;/t12-;;;;/m1..../s1. The van der Waals surface area contributed by atoms with Crippen molar-refractivity contribution in [3.8, 4) is 5.75 Å². The van der Waals surface area contributed by atoms with Crippen molar-refractivity contribution in [2.24, 2.45) is 5.73 Å². The quantitative estimate of drug-likeness (QED) is 0.460. The summed E-state index contributed by atoms with van der Waals surface area (Å²) in [5.74, 6) is 1.15. The molecular weight excluding hydrogens is 495 g/mol. The van der Waals surface area contributed by atoms with Crippen LogP contribution in [0.5, 0.6) is 5.75 Å². The van der Waals surface area contributed by atoms with Gasteiger partial charge in [-0.05, 0) is 68.5 Å². The molecule has 0 saturated carbocycles. The molecule has 1 atom stereocenters. The average molecular weight is 536 g/mol. The molecule has 0 unspecified atom stereocenters. The Bertz CT molecular complexity index is 809. The molecule has 2 fully saturated rings. The zero-order chi connectivity index (χ0) is 22.6. The van der Waals surface area contributed by atoms with Crippen molar-refractivity contribution in [3.63, 3.8) is 0 Å². The van der Waals surface area contributed by atoms with E-state index in [0.717, 1.165) is 30.9 Å². The number of para-hydroxylation sites is 1. The second-order valence-electron chi connectivity index (χ2n) is 7.92. The molecule has 2 aliphatic heterocycles. The Kier molecular flexibility index (Phi) is 16.4. The first kappa shape index (κ1) is 31.6. The summed E-state index contributed by atoms with van der Waals surface area (Å²) >= 11 is 0. The van der Waals surface area contributed by atoms with Gasteiger partial charge in [-0.25, -0.2) is 0 Å². The van der Waals surface area contributed by atoms with Crippen molar-refractivity contribution < 1.29 is 48.0 Å². The van der Waals surface area contributed by atoms with E-state index in [4.69, 9.17) is 21.9 Å². The van der Waals surface area contributed by atoms with Crippen LogP contribution in [0, 0.1) is 0 Å². The molecule has 2 saturated heterocycles. The number of nitrogen functional groups attached to an aromatic ring is 1. The van der Waals surface area contributed by atoms with Crippen LogP contribution in [0.3, 0.4) is 0 Å². The van der Waals surface area contributed by atoms with E-state index in [1.807, 2.05) is 18.3 Å². The van der Waals surface area contributed by atoms with Crippen LogP contribution in [0.15, 0.2) is 30.5 Å². The number of hydrogen-bond donors (Lipinski definition) is 4. The minimum Gasteiger partial charge on any atom is -0.680 e. The van der Waals surface area contributed by atoms with Crippen LogP contribution >= 0.6 is 0 Å². The maximum Gasteiger partial charge on any atom is 0.124 e. The van der Waals surface area contributed by atoms with E-state index < -0.39 is 0 Å². The van der Waals surface area contributed by atoms with Crippen LogP contribution in [-0.2, 0) is 37.4 Å². The van der Waals surface area contributed by atoms with Gasteiger partial charge in [0.25, 0.3) is 0 Å². The third-order valence-corrected chi connectivity index (χ3v) is 5.59. The van der Waals surface area contributed by atoms with Crippen LogP contribution in [0.25, 0.3) is 17.5 Å². The molecule has 2 aromatic rings. The second-order valence-corrected chi connectivity index (χ2v) is 7.92. The van der Waals surface area contributed by atoms with Gasteiger partial charge in [0.15, 0.2) is 0 Å². The number of nitrogens with two attached hydrogens (primary N) is 2. The molecule has 0 bridgehead atoms. The molecule has 1 aromatic carbocycles. The molecule has 0 amide bonds. The zero-order valence-corrected chi connectivity index (χ0v) is 22.8. The summed E-state index contributed by atoms with van der Waals surface area (Å²) in [4.78, 5) is 5.53. The number of nitrogens with one attached hydrogen (secondary N) is 2. The molecule has 8 nitrogen and oxygen atoms in total. The largest absolute Gasteiger partial charge is 0.680 e. The Morgan fingerprint density at radius 1 is 1.18 bits per heavy atom. The Morgan fingerprint density at radius 3 is 2.30 bits per heavy atom. The maximum atomic E-state index is 9.95. The third kappa shape index (κ3) is 9.77. The minimum absolute atomic E-state index is 0. The fourth-order valence-electron chi connectivity index (χ4n) is 3.72. The molecule has 4 rings (SSSR count). The molecule has 0 aliphatic carbocycles. The number of rotatable bonds is 5. The van der Waals surface area contributed by atoms with Crippen LogP contribution in [0.4, 0.5) is 5.82 Å². The van der Waals surface area contributed by atoms with Gasteiger partial charge >= 0.3 is 0 Å². The molecule has 1 radical (unpaired) electrons. The number of aromatic hydroxyl groups is 1. The number of H-pyrrole nitrogens is 1. The molecule has 9 heteroatoms. The zero-order valence-electron chi connectivity index (χ0n) is 19.9. The van der Waals surface area contributed by atoms with Crippen molar-refractivity contribution in [2.75, 3.05) is 45.6 Å². The summed E-state index contributed by atoms with van der Waals surface area (Å²) in [5, 5.41) is 9.95. The number of likely N-dealkylation sites (tertiary alicyclic amines) is 1. The van der Waals surface area contributed by atoms with Crippen molar-refractivity contribution in [2.45, 2.75) is 38.5 Å². The number of aromatic amines is 1. The Morgan fingerprint density at radius 2 is 1.82 bits per heavy atom. The first-order chi connectivity index (χ1) is 15.1. The van der Waals surface area contributed by atoms with Crippen molar-refractivity contribution in [3.05, 3.63) is 52.9 Å². The molecule has 3 heterocycles. The molecule has 0 spiro atoms. The number of benzene rings is 1. The maximum absolute atomic E-state index is 9.95. The number of phenolic OH excluding ortho intramolecular Hbond substituents is 1. The van der Waals surface area contributed by atoms with Gasteiger partial charge in [-0.15, -0.1) is 0 Å². The molecule has 9 N–H and O–H groups in total. The van der Waals surface area contributed by atoms with Crippen molar-refractivity contribution in [1.29, 1.82) is 0 Å². The monoisotopic (exact) mass is 535 g/mol. The molecule has 2 aliphatic rings. The Labute approximate surface area is 223 Å². The number of nitrogens with zero attached hydrogens (tertiary/aromatic N) is 1. The van der Waals surface area contributed by atoms with Crippen molar-refractivity contribution >= 4 is 17.6 Å². The van der Waals surface area contributed by atoms with Gasteiger partial charge in [-0.1, -0.05) is 19.1 Å². The molecule has 33 heavy (non-hydrogen) atoms. The van der Waals surface area contributed by atoms with Crippen LogP contribution in [0.2, 0.25) is 0 Å². The van der Waals surface area contributed by atoms with E-state index in [0.29, 0.717) is 23.0 Å². The number of anilines is 1. The van der Waals surface area contributed by atoms with E-state index >= 15 is 0 Å². The van der Waals surface area contributed by atoms with E-state index in [9.17, 15) is 5.11 Å². The Hall–Kier alpha value is -1.42. The first-order valence-corrected chi connectivity index (χ1v) is 11.1. The Balaban J connectivity index is 0.000000881. The van der Waals surface area contributed by atoms with E-state index in [1.54, 1.807) is 18.2 Å². The van der Waals surface area contributed by atoms with Gasteiger partial charge < -0.3 is 42.4 Å². The van der Waals surface area contributed by atoms with E-state index in [-0.39, 0.29) is 43.9 Å². The topological polar surface area (TPSA) is 156 Å². The summed E-state index contributed by atoms with van der Waals surface area (Å²) in [6.45, 7) is 7.58. The minimum atomic E-state index is 0. The summed E-state index contributed by atoms with van der Waals surface area (Å²) < 4.78 is 5.07. The van der Waals surface area contributed by atoms with Crippen molar-refractivity contribution in [1.82, 2.24) is 9.88 Å². The summed E-state index contributed by atoms with van der Waals surface area (Å²) in [6, 6.07) is 7.05. The fourth-order valence-corrected chi connectivity index (χ4v) is 3.72. The predicted octanol–water partition coefficient (Wildman–Crippen LogP) is 3.60. The van der Waals surface area contributed by atoms with Gasteiger partial charge in [-0.2, -0.15) is 7.05 Å². The van der Waals surface area contributed by atoms with Crippen LogP contribution < -0.4 is 11.5 Å². The van der Waals surface area contributed by atoms with Crippen LogP contribution in [0.1, 0.15) is 55.2 Å². The van der Waals surface area contributed by atoms with E-state index in [1.165, 1.54) is 45.8 Å². The van der Waals surface area contributed by atoms with Gasteiger partial charge in [0.2, 0.25) is 0 Å². The summed E-state index contributed by atoms with van der Waals surface area (Å²) in [6.07, 6.45) is 9.03. The number of hydrogen-bond acceptors (Lipinski definition) is 5. The SMILES string of the molecule is C1CCOCC1.C[C@H](CN1CCC1)c1c[nH]c(N)c1/C=C(\N)c1ccccc1O.C[NH-].O.[Y]. The number of phenols is 1. The average Bonchev–Trinajstić information content (AvgIpc) is 3.14. The normalized spacial score (nSPS) is 16.4. The smallest absolute Gasteiger partial charge is 0.124 e. The first-order valence-electron chi connectivity index (χ1n) is 11.1. The summed E-state index contributed by atoms with van der Waals surface area (Å²) in [5.41, 5.74) is 21.2. The number of ether oxygens (including phenoxy) is 1. The van der Waals surface area contributed by atoms with Crippen LogP contribution in [-0.4, -0.2) is 60.4 Å². The summed E-state index contributed by atoms with van der Waals surface area (Å²) in [7, 11) is 1.25. The van der Waals surface area contributed by atoms with Gasteiger partial charge in [0.1, 0.15) is 11.6 Å². The molecular formula is C24H40N5O3Y-.